The van der Waals surface area contributed by atoms with Crippen molar-refractivity contribution in [3.63, 3.8) is 0 Å². The highest BCUT2D eigenvalue weighted by atomic mass is 16.5. The van der Waals surface area contributed by atoms with Gasteiger partial charge in [0.2, 0.25) is 0 Å². The number of carbonyl (C=O) groups is 1. The number of hydrogen-bond donors (Lipinski definition) is 0. The van der Waals surface area contributed by atoms with E-state index in [1.165, 1.54) is 13.5 Å². The molecular formula is C11H14N2O2. The second-order valence-electron chi connectivity index (χ2n) is 3.75. The Morgan fingerprint density at radius 2 is 1.80 bits per heavy atom. The molecule has 0 fully saturated rings. The molecule has 1 heterocycles. The second kappa shape index (κ2) is 3.96. The first-order valence-electron chi connectivity index (χ1n) is 5.17. The van der Waals surface area contributed by atoms with Crippen LogP contribution in [0, 0.1) is 6.92 Å². The van der Waals surface area contributed by atoms with E-state index in [9.17, 15) is 4.79 Å². The Morgan fingerprint density at radius 1 is 1.20 bits per heavy atom. The summed E-state index contributed by atoms with van der Waals surface area (Å²) in [5.41, 5.74) is 3.04. The summed E-state index contributed by atoms with van der Waals surface area (Å²) in [5, 5.41) is 0. The number of aromatic nitrogens is 2. The molecule has 0 N–H and O–H groups in total. The highest BCUT2D eigenvalue weighted by Gasteiger charge is 2.18. The summed E-state index contributed by atoms with van der Waals surface area (Å²) >= 11 is 0. The van der Waals surface area contributed by atoms with Gasteiger partial charge in [-0.25, -0.2) is 9.78 Å². The van der Waals surface area contributed by atoms with E-state index in [4.69, 9.17) is 0 Å². The zero-order valence-corrected chi connectivity index (χ0v) is 9.04. The SMILES string of the molecule is COC(=O)c1nc2c(nc1C)CCCC2. The monoisotopic (exact) mass is 206 g/mol. The van der Waals surface area contributed by atoms with Gasteiger partial charge >= 0.3 is 5.97 Å². The fourth-order valence-corrected chi connectivity index (χ4v) is 1.88. The standard InChI is InChI=1S/C11H14N2O2/c1-7-10(11(14)15-2)13-9-6-4-3-5-8(9)12-7/h3-6H2,1-2H3. The molecule has 80 valence electrons. The number of fused-ring (bicyclic) bond motifs is 1. The normalized spacial score (nSPS) is 14.5. The lowest BCUT2D eigenvalue weighted by Gasteiger charge is -2.15. The summed E-state index contributed by atoms with van der Waals surface area (Å²) in [6, 6.07) is 0. The van der Waals surface area contributed by atoms with Gasteiger partial charge in [-0.2, -0.15) is 0 Å². The van der Waals surface area contributed by atoms with E-state index in [1.807, 2.05) is 0 Å². The highest BCUT2D eigenvalue weighted by molar-refractivity contribution is 5.88. The van der Waals surface area contributed by atoms with Gasteiger partial charge in [0.15, 0.2) is 5.69 Å². The Kier molecular flexibility index (Phi) is 2.66. The largest absolute Gasteiger partial charge is 0.464 e. The molecule has 0 amide bonds. The van der Waals surface area contributed by atoms with Crippen LogP contribution in [0.5, 0.6) is 0 Å². The van der Waals surface area contributed by atoms with Crippen LogP contribution in [0.25, 0.3) is 0 Å². The van der Waals surface area contributed by atoms with E-state index in [0.29, 0.717) is 11.4 Å². The molecule has 2 rings (SSSR count). The molecule has 0 unspecified atom stereocenters. The minimum atomic E-state index is -0.395. The van der Waals surface area contributed by atoms with Crippen LogP contribution in [0.3, 0.4) is 0 Å². The lowest BCUT2D eigenvalue weighted by Crippen LogP contribution is -2.15. The third kappa shape index (κ3) is 1.84. The third-order valence-corrected chi connectivity index (χ3v) is 2.68. The number of aryl methyl sites for hydroxylation is 3. The van der Waals surface area contributed by atoms with Gasteiger partial charge in [-0.15, -0.1) is 0 Å². The first kappa shape index (κ1) is 10.1. The summed E-state index contributed by atoms with van der Waals surface area (Å²) in [6.07, 6.45) is 4.20. The number of esters is 1. The Morgan fingerprint density at radius 3 is 2.40 bits per heavy atom. The van der Waals surface area contributed by atoms with E-state index < -0.39 is 5.97 Å². The van der Waals surface area contributed by atoms with Crippen LogP contribution in [0.15, 0.2) is 0 Å². The van der Waals surface area contributed by atoms with Gasteiger partial charge in [-0.3, -0.25) is 4.98 Å². The molecule has 4 nitrogen and oxygen atoms in total. The van der Waals surface area contributed by atoms with Crippen LogP contribution in [0.4, 0.5) is 0 Å². The van der Waals surface area contributed by atoms with Crippen molar-refractivity contribution in [1.82, 2.24) is 9.97 Å². The van der Waals surface area contributed by atoms with Gasteiger partial charge in [0, 0.05) is 0 Å². The lowest BCUT2D eigenvalue weighted by molar-refractivity contribution is 0.0592. The maximum Gasteiger partial charge on any atom is 0.358 e. The number of rotatable bonds is 1. The summed E-state index contributed by atoms with van der Waals surface area (Å²) in [4.78, 5) is 20.2. The smallest absolute Gasteiger partial charge is 0.358 e. The van der Waals surface area contributed by atoms with Crippen molar-refractivity contribution in [3.05, 3.63) is 22.8 Å². The predicted octanol–water partition coefficient (Wildman–Crippen LogP) is 1.45. The summed E-state index contributed by atoms with van der Waals surface area (Å²) in [6.45, 7) is 1.80. The third-order valence-electron chi connectivity index (χ3n) is 2.68. The number of nitrogens with zero attached hydrogens (tertiary/aromatic N) is 2. The predicted molar refractivity (Wildman–Crippen MR) is 54.8 cm³/mol. The zero-order valence-electron chi connectivity index (χ0n) is 9.04. The van der Waals surface area contributed by atoms with Crippen LogP contribution in [0.1, 0.15) is 40.4 Å². The Labute approximate surface area is 88.7 Å². The minimum Gasteiger partial charge on any atom is -0.464 e. The minimum absolute atomic E-state index is 0.359. The van der Waals surface area contributed by atoms with Gasteiger partial charge in [0.05, 0.1) is 24.2 Å². The summed E-state index contributed by atoms with van der Waals surface area (Å²) < 4.78 is 4.67. The van der Waals surface area contributed by atoms with Crippen molar-refractivity contribution < 1.29 is 9.53 Å². The molecule has 0 aliphatic heterocycles. The highest BCUT2D eigenvalue weighted by Crippen LogP contribution is 2.19. The number of ether oxygens (including phenoxy) is 1. The number of methoxy groups -OCH3 is 1. The Hall–Kier alpha value is -1.45. The lowest BCUT2D eigenvalue weighted by atomic mass is 10.00. The molecule has 0 spiro atoms. The zero-order chi connectivity index (χ0) is 10.8. The van der Waals surface area contributed by atoms with E-state index >= 15 is 0 Å². The fourth-order valence-electron chi connectivity index (χ4n) is 1.88. The van der Waals surface area contributed by atoms with Crippen molar-refractivity contribution in [1.29, 1.82) is 0 Å². The van der Waals surface area contributed by atoms with Gasteiger partial charge in [0.1, 0.15) is 0 Å². The van der Waals surface area contributed by atoms with Crippen LogP contribution < -0.4 is 0 Å². The van der Waals surface area contributed by atoms with E-state index in [0.717, 1.165) is 30.7 Å². The molecule has 1 aromatic heterocycles. The molecule has 1 aliphatic rings. The van der Waals surface area contributed by atoms with Crippen molar-refractivity contribution in [2.75, 3.05) is 7.11 Å². The van der Waals surface area contributed by atoms with E-state index in [2.05, 4.69) is 14.7 Å². The van der Waals surface area contributed by atoms with Crippen molar-refractivity contribution in [3.8, 4) is 0 Å². The topological polar surface area (TPSA) is 52.1 Å². The molecule has 0 saturated carbocycles. The maximum absolute atomic E-state index is 11.4. The second-order valence-corrected chi connectivity index (χ2v) is 3.75. The van der Waals surface area contributed by atoms with Crippen LogP contribution in [0.2, 0.25) is 0 Å². The molecular weight excluding hydrogens is 192 g/mol. The average Bonchev–Trinajstić information content (AvgIpc) is 2.27. The van der Waals surface area contributed by atoms with Gasteiger partial charge < -0.3 is 4.74 Å². The molecule has 1 aromatic rings. The quantitative estimate of drug-likeness (QED) is 0.652. The molecule has 4 heteroatoms. The number of carbonyl (C=O) groups excluding carboxylic acids is 1. The first-order valence-corrected chi connectivity index (χ1v) is 5.17. The van der Waals surface area contributed by atoms with Crippen LogP contribution >= 0.6 is 0 Å². The Balaban J connectivity index is 2.44. The van der Waals surface area contributed by atoms with E-state index in [-0.39, 0.29) is 0 Å². The molecule has 15 heavy (non-hydrogen) atoms. The van der Waals surface area contributed by atoms with Crippen LogP contribution in [-0.4, -0.2) is 23.0 Å². The Bertz CT molecular complexity index is 402. The van der Waals surface area contributed by atoms with Gasteiger partial charge in [-0.1, -0.05) is 0 Å². The molecule has 0 bridgehead atoms. The van der Waals surface area contributed by atoms with Crippen molar-refractivity contribution >= 4 is 5.97 Å². The molecule has 0 atom stereocenters. The van der Waals surface area contributed by atoms with Gasteiger partial charge in [0.25, 0.3) is 0 Å². The number of hydrogen-bond acceptors (Lipinski definition) is 4. The summed E-state index contributed by atoms with van der Waals surface area (Å²) in [7, 11) is 1.36. The van der Waals surface area contributed by atoms with Crippen LogP contribution in [-0.2, 0) is 17.6 Å². The maximum atomic E-state index is 11.4. The van der Waals surface area contributed by atoms with Gasteiger partial charge in [-0.05, 0) is 32.6 Å². The summed E-state index contributed by atoms with van der Waals surface area (Å²) in [5.74, 6) is -0.395. The van der Waals surface area contributed by atoms with Crippen molar-refractivity contribution in [2.45, 2.75) is 32.6 Å². The molecule has 1 aliphatic carbocycles. The molecule has 0 aromatic carbocycles. The fraction of sp³-hybridized carbons (Fsp3) is 0.545. The average molecular weight is 206 g/mol. The van der Waals surface area contributed by atoms with E-state index in [1.54, 1.807) is 6.92 Å². The molecule has 0 radical (unpaired) electrons. The first-order chi connectivity index (χ1) is 7.22. The van der Waals surface area contributed by atoms with Crippen molar-refractivity contribution in [2.24, 2.45) is 0 Å². The molecule has 0 saturated heterocycles.